The smallest absolute Gasteiger partial charge is 0.255 e. The van der Waals surface area contributed by atoms with E-state index >= 15 is 0 Å². The second-order valence-corrected chi connectivity index (χ2v) is 8.93. The van der Waals surface area contributed by atoms with Crippen molar-refractivity contribution in [2.75, 3.05) is 0 Å². The molecule has 0 saturated carbocycles. The molecular formula is C27H27N3O3. The standard InChI is InChI=1S/C27H27N3O3/c1-17(2)14-24(26(31)29-15-18-8-7-13-33-18)30-25(20-10-3-4-11-21(20)27(30)32)22-16-28-23-12-6-5-9-19(22)23/h3-13,16-17,24-25,28H,14-15H2,1-2H3,(H,29,31). The van der Waals surface area contributed by atoms with Crippen LogP contribution in [0.2, 0.25) is 0 Å². The van der Waals surface area contributed by atoms with E-state index in [2.05, 4.69) is 30.2 Å². The minimum Gasteiger partial charge on any atom is -0.467 e. The molecule has 33 heavy (non-hydrogen) atoms. The topological polar surface area (TPSA) is 78.3 Å². The Hall–Kier alpha value is -3.80. The van der Waals surface area contributed by atoms with Crippen molar-refractivity contribution in [2.45, 2.75) is 38.9 Å². The SMILES string of the molecule is CC(C)CC(C(=O)NCc1ccco1)N1C(=O)c2ccccc2C1c1c[nH]c2ccccc12. The molecule has 0 spiro atoms. The van der Waals surface area contributed by atoms with E-state index < -0.39 is 6.04 Å². The van der Waals surface area contributed by atoms with Crippen LogP contribution in [-0.2, 0) is 11.3 Å². The van der Waals surface area contributed by atoms with E-state index in [9.17, 15) is 9.59 Å². The average Bonchev–Trinajstić information content (AvgIpc) is 3.54. The summed E-state index contributed by atoms with van der Waals surface area (Å²) in [4.78, 5) is 32.3. The fourth-order valence-corrected chi connectivity index (χ4v) is 4.79. The molecule has 2 unspecified atom stereocenters. The summed E-state index contributed by atoms with van der Waals surface area (Å²) >= 11 is 0. The van der Waals surface area contributed by atoms with Crippen molar-refractivity contribution in [3.8, 4) is 0 Å². The summed E-state index contributed by atoms with van der Waals surface area (Å²) in [6, 6.07) is 18.4. The van der Waals surface area contributed by atoms with Gasteiger partial charge in [-0.3, -0.25) is 9.59 Å². The van der Waals surface area contributed by atoms with Crippen LogP contribution in [-0.4, -0.2) is 27.7 Å². The summed E-state index contributed by atoms with van der Waals surface area (Å²) in [5.74, 6) is 0.617. The van der Waals surface area contributed by atoms with Crippen LogP contribution in [0.5, 0.6) is 0 Å². The lowest BCUT2D eigenvalue weighted by atomic mass is 9.95. The van der Waals surface area contributed by atoms with Crippen molar-refractivity contribution in [1.82, 2.24) is 15.2 Å². The number of amides is 2. The first-order valence-corrected chi connectivity index (χ1v) is 11.3. The van der Waals surface area contributed by atoms with E-state index in [0.717, 1.165) is 22.0 Å². The van der Waals surface area contributed by atoms with E-state index in [1.165, 1.54) is 0 Å². The average molecular weight is 442 g/mol. The molecule has 0 bridgehead atoms. The van der Waals surface area contributed by atoms with Crippen molar-refractivity contribution in [3.63, 3.8) is 0 Å². The van der Waals surface area contributed by atoms with E-state index in [1.54, 1.807) is 17.2 Å². The largest absolute Gasteiger partial charge is 0.467 e. The highest BCUT2D eigenvalue weighted by Crippen LogP contribution is 2.43. The summed E-state index contributed by atoms with van der Waals surface area (Å²) in [6.07, 6.45) is 4.11. The van der Waals surface area contributed by atoms with Gasteiger partial charge in [-0.2, -0.15) is 0 Å². The molecule has 0 fully saturated rings. The van der Waals surface area contributed by atoms with Gasteiger partial charge in [0.2, 0.25) is 5.91 Å². The Morgan fingerprint density at radius 1 is 1.06 bits per heavy atom. The number of rotatable bonds is 7. The summed E-state index contributed by atoms with van der Waals surface area (Å²) in [5.41, 5.74) is 3.59. The lowest BCUT2D eigenvalue weighted by molar-refractivity contribution is -0.126. The predicted octanol–water partition coefficient (Wildman–Crippen LogP) is 5.04. The minimum absolute atomic E-state index is 0.111. The van der Waals surface area contributed by atoms with Gasteiger partial charge in [-0.05, 0) is 42.2 Å². The van der Waals surface area contributed by atoms with Gasteiger partial charge in [0, 0.05) is 28.2 Å². The number of aromatic nitrogens is 1. The number of carbonyl (C=O) groups is 2. The van der Waals surface area contributed by atoms with Crippen LogP contribution in [0, 0.1) is 5.92 Å². The van der Waals surface area contributed by atoms with Crippen LogP contribution in [0.1, 0.15) is 53.6 Å². The number of nitrogens with one attached hydrogen (secondary N) is 2. The molecule has 2 amide bonds. The minimum atomic E-state index is -0.612. The number of carbonyl (C=O) groups excluding carboxylic acids is 2. The van der Waals surface area contributed by atoms with E-state index in [4.69, 9.17) is 4.42 Å². The fourth-order valence-electron chi connectivity index (χ4n) is 4.79. The Labute approximate surface area is 192 Å². The highest BCUT2D eigenvalue weighted by atomic mass is 16.3. The van der Waals surface area contributed by atoms with Gasteiger partial charge in [-0.25, -0.2) is 0 Å². The van der Waals surface area contributed by atoms with Gasteiger partial charge in [-0.1, -0.05) is 50.2 Å². The van der Waals surface area contributed by atoms with Crippen molar-refractivity contribution in [1.29, 1.82) is 0 Å². The molecule has 6 nitrogen and oxygen atoms in total. The summed E-state index contributed by atoms with van der Waals surface area (Å²) in [5, 5.41) is 4.04. The molecular weight excluding hydrogens is 414 g/mol. The number of aromatic amines is 1. The number of hydrogen-bond donors (Lipinski definition) is 2. The first-order valence-electron chi connectivity index (χ1n) is 11.3. The molecule has 0 aliphatic carbocycles. The molecule has 2 atom stereocenters. The Balaban J connectivity index is 1.57. The van der Waals surface area contributed by atoms with Crippen molar-refractivity contribution in [2.24, 2.45) is 5.92 Å². The number of H-pyrrole nitrogens is 1. The van der Waals surface area contributed by atoms with Gasteiger partial charge in [-0.15, -0.1) is 0 Å². The molecule has 5 rings (SSSR count). The van der Waals surface area contributed by atoms with Crippen LogP contribution in [0.25, 0.3) is 10.9 Å². The zero-order valence-corrected chi connectivity index (χ0v) is 18.7. The maximum atomic E-state index is 13.7. The van der Waals surface area contributed by atoms with Gasteiger partial charge in [0.25, 0.3) is 5.91 Å². The summed E-state index contributed by atoms with van der Waals surface area (Å²) < 4.78 is 5.37. The van der Waals surface area contributed by atoms with Crippen LogP contribution in [0.3, 0.4) is 0 Å². The summed E-state index contributed by atoms with van der Waals surface area (Å²) in [6.45, 7) is 4.43. The zero-order chi connectivity index (χ0) is 22.9. The second-order valence-electron chi connectivity index (χ2n) is 8.93. The van der Waals surface area contributed by atoms with Crippen LogP contribution < -0.4 is 5.32 Å². The Morgan fingerprint density at radius 3 is 2.64 bits per heavy atom. The van der Waals surface area contributed by atoms with Gasteiger partial charge in [0.1, 0.15) is 11.8 Å². The van der Waals surface area contributed by atoms with Crippen molar-refractivity contribution >= 4 is 22.7 Å². The lowest BCUT2D eigenvalue weighted by Crippen LogP contribution is -2.49. The van der Waals surface area contributed by atoms with Crippen LogP contribution >= 0.6 is 0 Å². The van der Waals surface area contributed by atoms with Crippen molar-refractivity contribution < 1.29 is 14.0 Å². The fraction of sp³-hybridized carbons (Fsp3) is 0.259. The molecule has 0 radical (unpaired) electrons. The third-order valence-corrected chi connectivity index (χ3v) is 6.26. The number of fused-ring (bicyclic) bond motifs is 2. The van der Waals surface area contributed by atoms with E-state index in [0.29, 0.717) is 17.7 Å². The third kappa shape index (κ3) is 3.82. The molecule has 1 aliphatic heterocycles. The normalized spacial score (nSPS) is 16.4. The number of benzene rings is 2. The van der Waals surface area contributed by atoms with Crippen LogP contribution in [0.4, 0.5) is 0 Å². The maximum Gasteiger partial charge on any atom is 0.255 e. The highest BCUT2D eigenvalue weighted by molar-refractivity contribution is 6.03. The number of nitrogens with zero attached hydrogens (tertiary/aromatic N) is 1. The first-order chi connectivity index (χ1) is 16.0. The van der Waals surface area contributed by atoms with E-state index in [1.807, 2.05) is 54.7 Å². The Kier molecular flexibility index (Phi) is 5.50. The number of furan rings is 1. The molecule has 1 aliphatic rings. The molecule has 2 N–H and O–H groups in total. The molecule has 2 aromatic carbocycles. The number of para-hydroxylation sites is 1. The second kappa shape index (κ2) is 8.62. The van der Waals surface area contributed by atoms with Gasteiger partial charge in [0.15, 0.2) is 0 Å². The monoisotopic (exact) mass is 441 g/mol. The van der Waals surface area contributed by atoms with Gasteiger partial charge in [0.05, 0.1) is 18.8 Å². The Morgan fingerprint density at radius 2 is 1.85 bits per heavy atom. The molecule has 4 aromatic rings. The third-order valence-electron chi connectivity index (χ3n) is 6.26. The maximum absolute atomic E-state index is 13.7. The zero-order valence-electron chi connectivity index (χ0n) is 18.7. The molecule has 3 heterocycles. The molecule has 0 saturated heterocycles. The highest BCUT2D eigenvalue weighted by Gasteiger charge is 2.44. The Bertz CT molecular complexity index is 1290. The molecule has 168 valence electrons. The lowest BCUT2D eigenvalue weighted by Gasteiger charge is -2.33. The first kappa shape index (κ1) is 21.1. The number of hydrogen-bond acceptors (Lipinski definition) is 3. The van der Waals surface area contributed by atoms with Crippen LogP contribution in [0.15, 0.2) is 77.5 Å². The van der Waals surface area contributed by atoms with Gasteiger partial charge >= 0.3 is 0 Å². The van der Waals surface area contributed by atoms with Crippen molar-refractivity contribution in [3.05, 3.63) is 95.6 Å². The molecule has 6 heteroatoms. The summed E-state index contributed by atoms with van der Waals surface area (Å²) in [7, 11) is 0. The predicted molar refractivity (Wildman–Crippen MR) is 127 cm³/mol. The van der Waals surface area contributed by atoms with Gasteiger partial charge < -0.3 is 19.6 Å². The molecule has 2 aromatic heterocycles. The van der Waals surface area contributed by atoms with E-state index in [-0.39, 0.29) is 30.3 Å². The quantitative estimate of drug-likeness (QED) is 0.422.